The lowest BCUT2D eigenvalue weighted by Gasteiger charge is -2.25. The summed E-state index contributed by atoms with van der Waals surface area (Å²) >= 11 is 0. The minimum Gasteiger partial charge on any atom is -0.376 e. The fourth-order valence-corrected chi connectivity index (χ4v) is 2.79. The summed E-state index contributed by atoms with van der Waals surface area (Å²) < 4.78 is 18.9. The van der Waals surface area contributed by atoms with Crippen molar-refractivity contribution >= 4 is 6.03 Å². The molecule has 126 valence electrons. The van der Waals surface area contributed by atoms with Crippen LogP contribution in [-0.4, -0.2) is 23.7 Å². The molecule has 2 atom stereocenters. The SMILES string of the molecule is O=C(NCc1ccccn1)NC(c1ccc(F)cc1)C1CCCO1. The Morgan fingerprint density at radius 3 is 2.79 bits per heavy atom. The zero-order chi connectivity index (χ0) is 16.8. The van der Waals surface area contributed by atoms with Gasteiger partial charge in [0.25, 0.3) is 0 Å². The van der Waals surface area contributed by atoms with Gasteiger partial charge in [-0.15, -0.1) is 0 Å². The molecule has 6 heteroatoms. The molecule has 0 radical (unpaired) electrons. The van der Waals surface area contributed by atoms with Gasteiger partial charge in [0.1, 0.15) is 5.82 Å². The smallest absolute Gasteiger partial charge is 0.315 e. The van der Waals surface area contributed by atoms with Crippen LogP contribution in [0.2, 0.25) is 0 Å². The van der Waals surface area contributed by atoms with E-state index in [1.165, 1.54) is 12.1 Å². The second-order valence-corrected chi connectivity index (χ2v) is 5.73. The third kappa shape index (κ3) is 4.29. The number of carbonyl (C=O) groups is 1. The highest BCUT2D eigenvalue weighted by Crippen LogP contribution is 2.27. The van der Waals surface area contributed by atoms with E-state index in [9.17, 15) is 9.18 Å². The maximum Gasteiger partial charge on any atom is 0.315 e. The van der Waals surface area contributed by atoms with Crippen molar-refractivity contribution in [1.82, 2.24) is 15.6 Å². The van der Waals surface area contributed by atoms with Crippen molar-refractivity contribution < 1.29 is 13.9 Å². The first-order valence-corrected chi connectivity index (χ1v) is 8.04. The Labute approximate surface area is 140 Å². The van der Waals surface area contributed by atoms with Gasteiger partial charge in [0.2, 0.25) is 0 Å². The number of urea groups is 1. The molecule has 24 heavy (non-hydrogen) atoms. The number of carbonyl (C=O) groups excluding carboxylic acids is 1. The number of nitrogens with one attached hydrogen (secondary N) is 2. The van der Waals surface area contributed by atoms with Crippen LogP contribution in [0.25, 0.3) is 0 Å². The third-order valence-corrected chi connectivity index (χ3v) is 4.01. The van der Waals surface area contributed by atoms with Gasteiger partial charge in [-0.1, -0.05) is 18.2 Å². The van der Waals surface area contributed by atoms with E-state index in [0.29, 0.717) is 13.2 Å². The van der Waals surface area contributed by atoms with Crippen LogP contribution in [0, 0.1) is 5.82 Å². The van der Waals surface area contributed by atoms with E-state index >= 15 is 0 Å². The van der Waals surface area contributed by atoms with Crippen molar-refractivity contribution in [3.63, 3.8) is 0 Å². The topological polar surface area (TPSA) is 63.2 Å². The Bertz CT molecular complexity index is 658. The molecule has 2 unspecified atom stereocenters. The first-order valence-electron chi connectivity index (χ1n) is 8.04. The molecule has 1 aromatic carbocycles. The highest BCUT2D eigenvalue weighted by Gasteiger charge is 2.28. The normalized spacial score (nSPS) is 18.1. The average Bonchev–Trinajstić information content (AvgIpc) is 3.14. The Hall–Kier alpha value is -2.47. The number of hydrogen-bond donors (Lipinski definition) is 2. The number of halogens is 1. The number of rotatable bonds is 5. The zero-order valence-corrected chi connectivity index (χ0v) is 13.2. The van der Waals surface area contributed by atoms with Crippen molar-refractivity contribution in [3.8, 4) is 0 Å². The van der Waals surface area contributed by atoms with E-state index < -0.39 is 0 Å². The second kappa shape index (κ2) is 7.88. The molecular weight excluding hydrogens is 309 g/mol. The van der Waals surface area contributed by atoms with Gasteiger partial charge in [-0.05, 0) is 42.7 Å². The van der Waals surface area contributed by atoms with Gasteiger partial charge in [0.15, 0.2) is 0 Å². The summed E-state index contributed by atoms with van der Waals surface area (Å²) in [7, 11) is 0. The summed E-state index contributed by atoms with van der Waals surface area (Å²) in [6, 6.07) is 11.1. The van der Waals surface area contributed by atoms with Crippen LogP contribution in [0.15, 0.2) is 48.7 Å². The Morgan fingerprint density at radius 1 is 1.29 bits per heavy atom. The minimum atomic E-state index is -0.308. The van der Waals surface area contributed by atoms with Crippen molar-refractivity contribution in [2.45, 2.75) is 31.5 Å². The van der Waals surface area contributed by atoms with Crippen LogP contribution >= 0.6 is 0 Å². The van der Waals surface area contributed by atoms with E-state index in [1.807, 2.05) is 18.2 Å². The molecule has 1 fully saturated rings. The first-order chi connectivity index (χ1) is 11.7. The van der Waals surface area contributed by atoms with Crippen molar-refractivity contribution in [1.29, 1.82) is 0 Å². The van der Waals surface area contributed by atoms with Crippen LogP contribution in [0.1, 0.15) is 30.1 Å². The Balaban J connectivity index is 1.64. The maximum atomic E-state index is 13.2. The molecule has 2 N–H and O–H groups in total. The maximum absolute atomic E-state index is 13.2. The molecule has 1 aliphatic heterocycles. The standard InChI is InChI=1S/C18H20FN3O2/c19-14-8-6-13(7-9-14)17(16-5-3-11-24-16)22-18(23)21-12-15-4-1-2-10-20-15/h1-2,4,6-10,16-17H,3,5,11-12H2,(H2,21,22,23). The highest BCUT2D eigenvalue weighted by molar-refractivity contribution is 5.74. The summed E-state index contributed by atoms with van der Waals surface area (Å²) in [4.78, 5) is 16.4. The number of ether oxygens (including phenoxy) is 1. The van der Waals surface area contributed by atoms with E-state index in [-0.39, 0.29) is 24.0 Å². The van der Waals surface area contributed by atoms with Crippen molar-refractivity contribution in [2.75, 3.05) is 6.61 Å². The van der Waals surface area contributed by atoms with E-state index in [0.717, 1.165) is 24.1 Å². The van der Waals surface area contributed by atoms with Crippen LogP contribution in [0.3, 0.4) is 0 Å². The van der Waals surface area contributed by atoms with Crippen molar-refractivity contribution in [3.05, 3.63) is 65.7 Å². The summed E-state index contributed by atoms with van der Waals surface area (Å²) in [5.41, 5.74) is 1.61. The first kappa shape index (κ1) is 16.4. The number of benzene rings is 1. The van der Waals surface area contributed by atoms with Gasteiger partial charge in [0, 0.05) is 12.8 Å². The third-order valence-electron chi connectivity index (χ3n) is 4.01. The predicted octanol–water partition coefficient (Wildman–Crippen LogP) is 2.94. The van der Waals surface area contributed by atoms with Gasteiger partial charge in [-0.3, -0.25) is 4.98 Å². The molecule has 1 saturated heterocycles. The number of aromatic nitrogens is 1. The van der Waals surface area contributed by atoms with Crippen LogP contribution in [0.4, 0.5) is 9.18 Å². The minimum absolute atomic E-state index is 0.101. The van der Waals surface area contributed by atoms with E-state index in [4.69, 9.17) is 4.74 Å². The Morgan fingerprint density at radius 2 is 2.12 bits per heavy atom. The average molecular weight is 329 g/mol. The molecular formula is C18H20FN3O2. The van der Waals surface area contributed by atoms with E-state index in [2.05, 4.69) is 15.6 Å². The lowest BCUT2D eigenvalue weighted by atomic mass is 9.99. The molecule has 3 rings (SSSR count). The summed E-state index contributed by atoms with van der Waals surface area (Å²) in [5.74, 6) is -0.301. The fraction of sp³-hybridized carbons (Fsp3) is 0.333. The summed E-state index contributed by atoms with van der Waals surface area (Å²) in [6.07, 6.45) is 3.40. The lowest BCUT2D eigenvalue weighted by Crippen LogP contribution is -2.42. The zero-order valence-electron chi connectivity index (χ0n) is 13.2. The quantitative estimate of drug-likeness (QED) is 0.886. The fourth-order valence-electron chi connectivity index (χ4n) is 2.79. The number of amides is 2. The summed E-state index contributed by atoms with van der Waals surface area (Å²) in [6.45, 7) is 1.02. The Kier molecular flexibility index (Phi) is 5.38. The number of pyridine rings is 1. The van der Waals surface area contributed by atoms with Crippen molar-refractivity contribution in [2.24, 2.45) is 0 Å². The van der Waals surface area contributed by atoms with Crippen LogP contribution in [0.5, 0.6) is 0 Å². The molecule has 0 spiro atoms. The van der Waals surface area contributed by atoms with Gasteiger partial charge >= 0.3 is 6.03 Å². The van der Waals surface area contributed by atoms with E-state index in [1.54, 1.807) is 18.3 Å². The predicted molar refractivity (Wildman–Crippen MR) is 87.7 cm³/mol. The van der Waals surface area contributed by atoms with Gasteiger partial charge in [-0.25, -0.2) is 9.18 Å². The second-order valence-electron chi connectivity index (χ2n) is 5.73. The van der Waals surface area contributed by atoms with Crippen LogP contribution < -0.4 is 10.6 Å². The molecule has 0 bridgehead atoms. The van der Waals surface area contributed by atoms with Gasteiger partial charge < -0.3 is 15.4 Å². The largest absolute Gasteiger partial charge is 0.376 e. The molecule has 2 amide bonds. The molecule has 2 heterocycles. The monoisotopic (exact) mass is 329 g/mol. The molecule has 1 aromatic heterocycles. The summed E-state index contributed by atoms with van der Waals surface area (Å²) in [5, 5.41) is 5.73. The molecule has 2 aromatic rings. The van der Waals surface area contributed by atoms with Gasteiger partial charge in [-0.2, -0.15) is 0 Å². The van der Waals surface area contributed by atoms with Gasteiger partial charge in [0.05, 0.1) is 24.4 Å². The highest BCUT2D eigenvalue weighted by atomic mass is 19.1. The molecule has 0 saturated carbocycles. The molecule has 5 nitrogen and oxygen atoms in total. The lowest BCUT2D eigenvalue weighted by molar-refractivity contribution is 0.0807. The number of nitrogens with zero attached hydrogens (tertiary/aromatic N) is 1. The molecule has 0 aliphatic carbocycles. The molecule has 1 aliphatic rings. The van der Waals surface area contributed by atoms with Crippen LogP contribution in [-0.2, 0) is 11.3 Å². The number of hydrogen-bond acceptors (Lipinski definition) is 3.